The molecule has 4 nitrogen and oxygen atoms in total. The van der Waals surface area contributed by atoms with Crippen LogP contribution in [0.2, 0.25) is 5.02 Å². The second-order valence-electron chi connectivity index (χ2n) is 6.67. The van der Waals surface area contributed by atoms with Crippen LogP contribution in [0, 0.1) is 0 Å². The molecule has 0 unspecified atom stereocenters. The quantitative estimate of drug-likeness (QED) is 0.379. The average molecular weight is 398 g/mol. The van der Waals surface area contributed by atoms with Gasteiger partial charge in [-0.25, -0.2) is 9.97 Å². The van der Waals surface area contributed by atoms with Gasteiger partial charge in [0.15, 0.2) is 5.58 Å². The molecule has 0 saturated carbocycles. The summed E-state index contributed by atoms with van der Waals surface area (Å²) in [5, 5.41) is 0.669. The first-order valence-corrected chi connectivity index (χ1v) is 9.55. The largest absolute Gasteiger partial charge is 0.436 e. The lowest BCUT2D eigenvalue weighted by Gasteiger charge is -2.13. The van der Waals surface area contributed by atoms with E-state index in [1.807, 2.05) is 84.9 Å². The Morgan fingerprint density at radius 1 is 0.759 bits per heavy atom. The first-order chi connectivity index (χ1) is 14.2. The van der Waals surface area contributed by atoms with Crippen molar-refractivity contribution in [1.82, 2.24) is 9.97 Å². The highest BCUT2D eigenvalue weighted by Crippen LogP contribution is 2.39. The SMILES string of the molecule is Nc1nc(-c2ccccc2)cc(-c2ccc(Cl)cc2)c1-c1nc2ccccc2o1. The standard InChI is InChI=1S/C24H16ClN3O/c25-17-12-10-15(11-13-17)18-14-20(16-6-2-1-3-7-16)27-23(26)22(18)24-28-19-8-4-5-9-21(19)29-24/h1-14H,(H2,26,27). The van der Waals surface area contributed by atoms with Crippen molar-refractivity contribution in [3.63, 3.8) is 0 Å². The number of fused-ring (bicyclic) bond motifs is 1. The number of nitrogens with zero attached hydrogens (tertiary/aromatic N) is 2. The maximum absolute atomic E-state index is 6.44. The highest BCUT2D eigenvalue weighted by molar-refractivity contribution is 6.30. The van der Waals surface area contributed by atoms with E-state index in [2.05, 4.69) is 9.97 Å². The number of nitrogens with two attached hydrogens (primary N) is 1. The van der Waals surface area contributed by atoms with E-state index in [0.29, 0.717) is 27.9 Å². The molecule has 0 amide bonds. The Kier molecular flexibility index (Phi) is 4.26. The van der Waals surface area contributed by atoms with Gasteiger partial charge in [-0.15, -0.1) is 0 Å². The maximum atomic E-state index is 6.44. The van der Waals surface area contributed by atoms with Gasteiger partial charge in [0.05, 0.1) is 11.3 Å². The smallest absolute Gasteiger partial charge is 0.231 e. The Labute approximate surface area is 172 Å². The molecule has 5 aromatic rings. The molecule has 29 heavy (non-hydrogen) atoms. The van der Waals surface area contributed by atoms with Crippen molar-refractivity contribution in [2.24, 2.45) is 0 Å². The predicted molar refractivity (Wildman–Crippen MR) is 118 cm³/mol. The molecule has 0 aliphatic rings. The monoisotopic (exact) mass is 397 g/mol. The van der Waals surface area contributed by atoms with Crippen molar-refractivity contribution >= 4 is 28.5 Å². The lowest BCUT2D eigenvalue weighted by molar-refractivity contribution is 0.620. The van der Waals surface area contributed by atoms with Gasteiger partial charge in [0.25, 0.3) is 0 Å². The van der Waals surface area contributed by atoms with E-state index in [1.165, 1.54) is 0 Å². The maximum Gasteiger partial charge on any atom is 0.231 e. The predicted octanol–water partition coefficient (Wildman–Crippen LogP) is 6.46. The first kappa shape index (κ1) is 17.5. The van der Waals surface area contributed by atoms with Crippen LogP contribution in [0.4, 0.5) is 5.82 Å². The Bertz CT molecular complexity index is 1280. The molecule has 0 atom stereocenters. The molecule has 0 aliphatic heterocycles. The van der Waals surface area contributed by atoms with Crippen LogP contribution in [0.25, 0.3) is 44.9 Å². The summed E-state index contributed by atoms with van der Waals surface area (Å²) in [4.78, 5) is 9.28. The Hall–Kier alpha value is -3.63. The van der Waals surface area contributed by atoms with Gasteiger partial charge < -0.3 is 10.2 Å². The minimum Gasteiger partial charge on any atom is -0.436 e. The van der Waals surface area contributed by atoms with Crippen molar-refractivity contribution in [3.8, 4) is 33.8 Å². The number of pyridine rings is 1. The van der Waals surface area contributed by atoms with Crippen LogP contribution in [0.3, 0.4) is 0 Å². The molecule has 0 fully saturated rings. The van der Waals surface area contributed by atoms with Gasteiger partial charge in [0, 0.05) is 16.1 Å². The first-order valence-electron chi connectivity index (χ1n) is 9.17. The minimum atomic E-state index is 0.364. The van der Waals surface area contributed by atoms with E-state index < -0.39 is 0 Å². The van der Waals surface area contributed by atoms with Crippen molar-refractivity contribution in [2.75, 3.05) is 5.73 Å². The highest BCUT2D eigenvalue weighted by Gasteiger charge is 2.20. The Morgan fingerprint density at radius 3 is 2.24 bits per heavy atom. The van der Waals surface area contributed by atoms with Gasteiger partial charge in [-0.2, -0.15) is 0 Å². The molecule has 2 N–H and O–H groups in total. The van der Waals surface area contributed by atoms with E-state index in [0.717, 1.165) is 27.9 Å². The van der Waals surface area contributed by atoms with Crippen LogP contribution >= 0.6 is 11.6 Å². The number of hydrogen-bond acceptors (Lipinski definition) is 4. The molecule has 0 radical (unpaired) electrons. The zero-order chi connectivity index (χ0) is 19.8. The van der Waals surface area contributed by atoms with E-state index in [4.69, 9.17) is 21.8 Å². The second-order valence-corrected chi connectivity index (χ2v) is 7.11. The zero-order valence-corrected chi connectivity index (χ0v) is 16.1. The fourth-order valence-electron chi connectivity index (χ4n) is 3.38. The van der Waals surface area contributed by atoms with Crippen molar-refractivity contribution in [2.45, 2.75) is 0 Å². The van der Waals surface area contributed by atoms with Crippen LogP contribution in [-0.2, 0) is 0 Å². The van der Waals surface area contributed by atoms with Gasteiger partial charge in [-0.05, 0) is 35.9 Å². The Morgan fingerprint density at radius 2 is 1.48 bits per heavy atom. The number of benzene rings is 3. The molecule has 0 bridgehead atoms. The molecule has 140 valence electrons. The number of nitrogen functional groups attached to an aromatic ring is 1. The van der Waals surface area contributed by atoms with Crippen LogP contribution in [0.1, 0.15) is 0 Å². The van der Waals surface area contributed by atoms with Crippen molar-refractivity contribution in [1.29, 1.82) is 0 Å². The number of rotatable bonds is 3. The molecular weight excluding hydrogens is 382 g/mol. The van der Waals surface area contributed by atoms with Gasteiger partial charge in [-0.3, -0.25) is 0 Å². The molecule has 3 aromatic carbocycles. The van der Waals surface area contributed by atoms with Gasteiger partial charge in [0.2, 0.25) is 5.89 Å². The van der Waals surface area contributed by atoms with E-state index in [1.54, 1.807) is 0 Å². The number of para-hydroxylation sites is 2. The van der Waals surface area contributed by atoms with Crippen LogP contribution in [0.5, 0.6) is 0 Å². The summed E-state index contributed by atoms with van der Waals surface area (Å²) in [6.07, 6.45) is 0. The molecule has 5 heteroatoms. The fraction of sp³-hybridized carbons (Fsp3) is 0. The molecule has 0 aliphatic carbocycles. The van der Waals surface area contributed by atoms with E-state index in [9.17, 15) is 0 Å². The number of anilines is 1. The number of aromatic nitrogens is 2. The number of halogens is 1. The third-order valence-corrected chi connectivity index (χ3v) is 5.03. The summed E-state index contributed by atoms with van der Waals surface area (Å²) in [6.45, 7) is 0. The van der Waals surface area contributed by atoms with Crippen molar-refractivity contribution in [3.05, 3.63) is 90.0 Å². The lowest BCUT2D eigenvalue weighted by atomic mass is 9.98. The molecule has 2 heterocycles. The molecular formula is C24H16ClN3O. The minimum absolute atomic E-state index is 0.364. The van der Waals surface area contributed by atoms with E-state index >= 15 is 0 Å². The third kappa shape index (κ3) is 3.24. The lowest BCUT2D eigenvalue weighted by Crippen LogP contribution is -1.99. The summed E-state index contributed by atoms with van der Waals surface area (Å²) in [5.41, 5.74) is 12.2. The fourth-order valence-corrected chi connectivity index (χ4v) is 3.51. The second kappa shape index (κ2) is 7.08. The summed E-state index contributed by atoms with van der Waals surface area (Å²) in [7, 11) is 0. The van der Waals surface area contributed by atoms with Gasteiger partial charge >= 0.3 is 0 Å². The van der Waals surface area contributed by atoms with Gasteiger partial charge in [-0.1, -0.05) is 66.2 Å². The zero-order valence-electron chi connectivity index (χ0n) is 15.3. The number of hydrogen-bond donors (Lipinski definition) is 1. The van der Waals surface area contributed by atoms with Crippen LogP contribution in [-0.4, -0.2) is 9.97 Å². The number of oxazole rings is 1. The summed E-state index contributed by atoms with van der Waals surface area (Å²) in [5.74, 6) is 0.809. The molecule has 0 saturated heterocycles. The Balaban J connectivity index is 1.78. The summed E-state index contributed by atoms with van der Waals surface area (Å²) >= 11 is 6.10. The molecule has 0 spiro atoms. The topological polar surface area (TPSA) is 64.9 Å². The summed E-state index contributed by atoms with van der Waals surface area (Å²) in [6, 6.07) is 27.2. The van der Waals surface area contributed by atoms with Gasteiger partial charge in [0.1, 0.15) is 11.3 Å². The third-order valence-electron chi connectivity index (χ3n) is 4.78. The summed E-state index contributed by atoms with van der Waals surface area (Å²) < 4.78 is 6.01. The molecule has 2 aromatic heterocycles. The van der Waals surface area contributed by atoms with E-state index in [-0.39, 0.29) is 0 Å². The molecule has 5 rings (SSSR count). The van der Waals surface area contributed by atoms with Crippen molar-refractivity contribution < 1.29 is 4.42 Å². The normalized spacial score (nSPS) is 11.1. The highest BCUT2D eigenvalue weighted by atomic mass is 35.5. The van der Waals surface area contributed by atoms with Crippen LogP contribution in [0.15, 0.2) is 89.3 Å². The van der Waals surface area contributed by atoms with Crippen LogP contribution < -0.4 is 5.73 Å². The average Bonchev–Trinajstić information content (AvgIpc) is 3.18.